The Hall–Kier alpha value is -1.26. The van der Waals surface area contributed by atoms with Crippen LogP contribution >= 0.6 is 0 Å². The predicted molar refractivity (Wildman–Crippen MR) is 45.6 cm³/mol. The highest BCUT2D eigenvalue weighted by Gasteiger charge is 2.46. The average molecular weight is 192 g/mol. The molecule has 72 valence electrons. The molecule has 0 aliphatic carbocycles. The van der Waals surface area contributed by atoms with E-state index in [1.165, 1.54) is 12.2 Å². The summed E-state index contributed by atoms with van der Waals surface area (Å²) in [6.45, 7) is 0. The van der Waals surface area contributed by atoms with Crippen LogP contribution in [0.3, 0.4) is 0 Å². The number of carbonyl (C=O) groups excluding carboxylic acids is 2. The molecule has 4 atom stereocenters. The van der Waals surface area contributed by atoms with Crippen LogP contribution in [0.5, 0.6) is 0 Å². The van der Waals surface area contributed by atoms with Crippen LogP contribution in [0, 0.1) is 0 Å². The molecule has 3 rings (SSSR count). The number of ether oxygens (including phenoxy) is 2. The highest BCUT2D eigenvalue weighted by molar-refractivity contribution is 6.03. The molecule has 3 heterocycles. The summed E-state index contributed by atoms with van der Waals surface area (Å²) in [6, 6.07) is 0. The van der Waals surface area contributed by atoms with E-state index in [-0.39, 0.29) is 23.8 Å². The van der Waals surface area contributed by atoms with Crippen LogP contribution in [0.2, 0.25) is 0 Å². The Balaban J connectivity index is 2.06. The lowest BCUT2D eigenvalue weighted by Crippen LogP contribution is -2.57. The van der Waals surface area contributed by atoms with Crippen molar-refractivity contribution in [1.82, 2.24) is 0 Å². The molecule has 0 spiro atoms. The van der Waals surface area contributed by atoms with Crippen molar-refractivity contribution in [2.24, 2.45) is 0 Å². The molecule has 4 unspecified atom stereocenters. The highest BCUT2D eigenvalue weighted by atomic mass is 16.6. The first-order valence-corrected chi connectivity index (χ1v) is 4.51. The van der Waals surface area contributed by atoms with Gasteiger partial charge in [0.25, 0.3) is 0 Å². The molecule has 4 bridgehead atoms. The van der Waals surface area contributed by atoms with E-state index >= 15 is 0 Å². The van der Waals surface area contributed by atoms with Gasteiger partial charge in [0.2, 0.25) is 0 Å². The molecule has 0 amide bonds. The minimum Gasteiger partial charge on any atom is -0.356 e. The second kappa shape index (κ2) is 2.62. The summed E-state index contributed by atoms with van der Waals surface area (Å²) < 4.78 is 10.9. The first-order valence-electron chi connectivity index (χ1n) is 4.51. The molecule has 4 heteroatoms. The molecular formula is C10H8O4. The molecule has 4 nitrogen and oxygen atoms in total. The Bertz CT molecular complexity index is 332. The molecule has 0 N–H and O–H groups in total. The maximum absolute atomic E-state index is 11.4. The van der Waals surface area contributed by atoms with Crippen LogP contribution in [0.1, 0.15) is 0 Å². The number of carbonyl (C=O) groups is 2. The summed E-state index contributed by atoms with van der Waals surface area (Å²) in [5.41, 5.74) is 0. The van der Waals surface area contributed by atoms with E-state index < -0.39 is 12.2 Å². The number of hydrogen-bond acceptors (Lipinski definition) is 4. The maximum atomic E-state index is 11.4. The number of hydrogen-bond donors (Lipinski definition) is 0. The van der Waals surface area contributed by atoms with Gasteiger partial charge in [-0.3, -0.25) is 9.59 Å². The summed E-state index contributed by atoms with van der Waals surface area (Å²) >= 11 is 0. The van der Waals surface area contributed by atoms with Gasteiger partial charge >= 0.3 is 0 Å². The van der Waals surface area contributed by atoms with E-state index in [1.54, 1.807) is 12.2 Å². The molecule has 0 aromatic rings. The molecule has 0 saturated carbocycles. The van der Waals surface area contributed by atoms with Crippen molar-refractivity contribution in [3.8, 4) is 0 Å². The first-order chi connectivity index (χ1) is 6.75. The van der Waals surface area contributed by atoms with E-state index in [0.717, 1.165) is 0 Å². The Morgan fingerprint density at radius 1 is 0.857 bits per heavy atom. The average Bonchev–Trinajstić information content (AvgIpc) is 2.21. The summed E-state index contributed by atoms with van der Waals surface area (Å²) in [5.74, 6) is -0.373. The zero-order chi connectivity index (χ0) is 9.71. The van der Waals surface area contributed by atoms with Gasteiger partial charge in [-0.1, -0.05) is 0 Å². The fourth-order valence-electron chi connectivity index (χ4n) is 1.95. The standard InChI is InChI=1S/C10H8O4/c11-5-1-3-7-8-4-2-6(12)10(14-8)9(5)13-7/h1-4,7-10H. The van der Waals surface area contributed by atoms with Gasteiger partial charge < -0.3 is 9.47 Å². The Kier molecular flexibility index (Phi) is 1.51. The van der Waals surface area contributed by atoms with Crippen LogP contribution in [0.4, 0.5) is 0 Å². The van der Waals surface area contributed by atoms with Gasteiger partial charge in [-0.15, -0.1) is 0 Å². The van der Waals surface area contributed by atoms with Crippen molar-refractivity contribution in [2.75, 3.05) is 0 Å². The number of fused-ring (bicyclic) bond motifs is 6. The van der Waals surface area contributed by atoms with Gasteiger partial charge in [0.05, 0.1) is 0 Å². The van der Waals surface area contributed by atoms with Gasteiger partial charge in [0, 0.05) is 0 Å². The van der Waals surface area contributed by atoms with Crippen molar-refractivity contribution in [3.63, 3.8) is 0 Å². The van der Waals surface area contributed by atoms with Gasteiger partial charge in [-0.2, -0.15) is 0 Å². The van der Waals surface area contributed by atoms with Gasteiger partial charge in [0.1, 0.15) is 12.2 Å². The molecule has 14 heavy (non-hydrogen) atoms. The molecule has 3 aliphatic rings. The summed E-state index contributed by atoms with van der Waals surface area (Å²) in [6.07, 6.45) is 4.40. The lowest BCUT2D eigenvalue weighted by atomic mass is 9.93. The predicted octanol–water partition coefficient (Wildman–Crippen LogP) is -0.215. The Morgan fingerprint density at radius 3 is 1.71 bits per heavy atom. The lowest BCUT2D eigenvalue weighted by molar-refractivity contribution is -0.198. The Morgan fingerprint density at radius 2 is 1.29 bits per heavy atom. The smallest absolute Gasteiger partial charge is 0.187 e. The van der Waals surface area contributed by atoms with Crippen LogP contribution in [0.15, 0.2) is 24.3 Å². The van der Waals surface area contributed by atoms with Crippen LogP contribution in [0.25, 0.3) is 0 Å². The zero-order valence-corrected chi connectivity index (χ0v) is 7.25. The van der Waals surface area contributed by atoms with Crippen molar-refractivity contribution in [1.29, 1.82) is 0 Å². The molecule has 3 aliphatic heterocycles. The van der Waals surface area contributed by atoms with Crippen molar-refractivity contribution < 1.29 is 19.1 Å². The normalized spacial score (nSPS) is 44.3. The minimum absolute atomic E-state index is 0.187. The maximum Gasteiger partial charge on any atom is 0.187 e. The van der Waals surface area contributed by atoms with Crippen LogP contribution < -0.4 is 0 Å². The largest absolute Gasteiger partial charge is 0.356 e. The van der Waals surface area contributed by atoms with E-state index in [4.69, 9.17) is 9.47 Å². The third-order valence-electron chi connectivity index (χ3n) is 2.67. The van der Waals surface area contributed by atoms with Gasteiger partial charge in [-0.05, 0) is 24.3 Å². The van der Waals surface area contributed by atoms with Gasteiger partial charge in [-0.25, -0.2) is 0 Å². The van der Waals surface area contributed by atoms with Crippen LogP contribution in [-0.4, -0.2) is 36.0 Å². The quantitative estimate of drug-likeness (QED) is 0.532. The second-order valence-corrected chi connectivity index (χ2v) is 3.57. The monoisotopic (exact) mass is 192 g/mol. The van der Waals surface area contributed by atoms with Crippen molar-refractivity contribution in [2.45, 2.75) is 24.4 Å². The Labute approximate surface area is 80.2 Å². The van der Waals surface area contributed by atoms with Crippen LogP contribution in [-0.2, 0) is 19.1 Å². The van der Waals surface area contributed by atoms with E-state index in [0.29, 0.717) is 0 Å². The second-order valence-electron chi connectivity index (χ2n) is 3.57. The number of rotatable bonds is 0. The molecule has 0 aromatic carbocycles. The molecular weight excluding hydrogens is 184 g/mol. The molecule has 0 radical (unpaired) electrons. The van der Waals surface area contributed by atoms with E-state index in [1.807, 2.05) is 0 Å². The molecule has 1 saturated heterocycles. The minimum atomic E-state index is -0.737. The summed E-state index contributed by atoms with van der Waals surface area (Å²) in [7, 11) is 0. The van der Waals surface area contributed by atoms with Crippen molar-refractivity contribution in [3.05, 3.63) is 24.3 Å². The third-order valence-corrected chi connectivity index (χ3v) is 2.67. The highest BCUT2D eigenvalue weighted by Crippen LogP contribution is 2.29. The van der Waals surface area contributed by atoms with Gasteiger partial charge in [0.15, 0.2) is 23.8 Å². The molecule has 1 fully saturated rings. The fraction of sp³-hybridized carbons (Fsp3) is 0.400. The topological polar surface area (TPSA) is 52.6 Å². The number of ketones is 2. The fourth-order valence-corrected chi connectivity index (χ4v) is 1.95. The zero-order valence-electron chi connectivity index (χ0n) is 7.25. The SMILES string of the molecule is O=C1C=CC2OC1C1OC2C=CC1=O. The van der Waals surface area contributed by atoms with Crippen molar-refractivity contribution >= 4 is 11.6 Å². The first kappa shape index (κ1) is 8.08. The summed E-state index contributed by atoms with van der Waals surface area (Å²) in [4.78, 5) is 22.8. The third kappa shape index (κ3) is 0.951. The van der Waals surface area contributed by atoms with E-state index in [9.17, 15) is 9.59 Å². The molecule has 0 aromatic heterocycles. The lowest BCUT2D eigenvalue weighted by Gasteiger charge is -2.41. The summed E-state index contributed by atoms with van der Waals surface area (Å²) in [5, 5.41) is 0. The van der Waals surface area contributed by atoms with E-state index in [2.05, 4.69) is 0 Å².